The Morgan fingerprint density at radius 1 is 0.935 bits per heavy atom. The van der Waals surface area contributed by atoms with E-state index < -0.39 is 0 Å². The second-order valence-electron chi connectivity index (χ2n) is 8.06. The Balaban J connectivity index is 1.58. The van der Waals surface area contributed by atoms with Crippen LogP contribution < -0.4 is 10.6 Å². The molecule has 5 rings (SSSR count). The molecule has 4 nitrogen and oxygen atoms in total. The van der Waals surface area contributed by atoms with E-state index in [0.717, 1.165) is 34.8 Å². The summed E-state index contributed by atoms with van der Waals surface area (Å²) in [4.78, 5) is 6.64. The molecule has 31 heavy (non-hydrogen) atoms. The van der Waals surface area contributed by atoms with Gasteiger partial charge in [0.25, 0.3) is 0 Å². The first-order valence-corrected chi connectivity index (χ1v) is 10.6. The van der Waals surface area contributed by atoms with Crippen LogP contribution in [0.5, 0.6) is 0 Å². The lowest BCUT2D eigenvalue weighted by atomic mass is 9.90. The van der Waals surface area contributed by atoms with Crippen LogP contribution in [-0.4, -0.2) is 9.55 Å². The number of anilines is 1. The Kier molecular flexibility index (Phi) is 4.92. The van der Waals surface area contributed by atoms with Crippen molar-refractivity contribution in [3.05, 3.63) is 114 Å². The molecule has 0 radical (unpaired) electrons. The normalized spacial score (nSPS) is 15.5. The first-order valence-electron chi connectivity index (χ1n) is 10.6. The minimum Gasteiger partial charge on any atom is -0.331 e. The van der Waals surface area contributed by atoms with E-state index in [-0.39, 0.29) is 6.17 Å². The van der Waals surface area contributed by atoms with Gasteiger partial charge in [-0.25, -0.2) is 4.98 Å². The highest BCUT2D eigenvalue weighted by molar-refractivity contribution is 5.78. The third kappa shape index (κ3) is 3.56. The lowest BCUT2D eigenvalue weighted by Crippen LogP contribution is -2.34. The van der Waals surface area contributed by atoms with Crippen LogP contribution in [-0.2, 0) is 13.5 Å². The number of allylic oxidation sites excluding steroid dienone is 1. The number of aromatic nitrogens is 2. The Hall–Kier alpha value is -3.63. The smallest absolute Gasteiger partial charge is 0.108 e. The van der Waals surface area contributed by atoms with Gasteiger partial charge in [0, 0.05) is 24.5 Å². The van der Waals surface area contributed by atoms with Gasteiger partial charge in [-0.1, -0.05) is 66.7 Å². The van der Waals surface area contributed by atoms with E-state index in [0.29, 0.717) is 0 Å². The largest absolute Gasteiger partial charge is 0.331 e. The molecule has 0 saturated heterocycles. The lowest BCUT2D eigenvalue weighted by molar-refractivity contribution is 0.717. The summed E-state index contributed by atoms with van der Waals surface area (Å²) in [5, 5.41) is 0. The minimum atomic E-state index is -0.237. The molecule has 1 atom stereocenters. The molecule has 0 fully saturated rings. The van der Waals surface area contributed by atoms with Crippen molar-refractivity contribution in [1.29, 1.82) is 0 Å². The number of aryl methyl sites for hydroxylation is 1. The van der Waals surface area contributed by atoms with E-state index >= 15 is 0 Å². The maximum Gasteiger partial charge on any atom is 0.108 e. The first kappa shape index (κ1) is 19.3. The molecule has 4 aromatic rings. The Labute approximate surface area is 183 Å². The molecule has 154 valence electrons. The van der Waals surface area contributed by atoms with Crippen LogP contribution >= 0.6 is 0 Å². The van der Waals surface area contributed by atoms with Crippen LogP contribution in [0.4, 0.5) is 5.69 Å². The summed E-state index contributed by atoms with van der Waals surface area (Å²) in [6.45, 7) is 2.02. The number of fused-ring (bicyclic) bond motifs is 1. The Morgan fingerprint density at radius 2 is 1.71 bits per heavy atom. The van der Waals surface area contributed by atoms with Crippen molar-refractivity contribution >= 4 is 11.3 Å². The van der Waals surface area contributed by atoms with Crippen molar-refractivity contribution in [3.8, 4) is 11.3 Å². The van der Waals surface area contributed by atoms with E-state index in [9.17, 15) is 0 Å². The molecule has 0 aliphatic carbocycles. The molecule has 4 heteroatoms. The second kappa shape index (κ2) is 7.89. The third-order valence-corrected chi connectivity index (χ3v) is 6.12. The fraction of sp³-hybridized carbons (Fsp3) is 0.148. The molecular formula is C27H26N4. The SMILES string of the molecule is Cc1ncc(-c2cccc(N3C=C(Cc4ccccc4)c4ccccc4C3N)c2)n1C. The van der Waals surface area contributed by atoms with Crippen LogP contribution in [0.2, 0.25) is 0 Å². The van der Waals surface area contributed by atoms with Crippen LogP contribution in [0.3, 0.4) is 0 Å². The highest BCUT2D eigenvalue weighted by Crippen LogP contribution is 2.37. The fourth-order valence-corrected chi connectivity index (χ4v) is 4.30. The van der Waals surface area contributed by atoms with Crippen molar-refractivity contribution in [2.75, 3.05) is 4.90 Å². The van der Waals surface area contributed by atoms with E-state index in [1.165, 1.54) is 16.7 Å². The molecule has 0 amide bonds. The summed E-state index contributed by atoms with van der Waals surface area (Å²) in [5.41, 5.74) is 15.0. The zero-order valence-corrected chi connectivity index (χ0v) is 17.9. The van der Waals surface area contributed by atoms with Crippen molar-refractivity contribution in [2.45, 2.75) is 19.5 Å². The van der Waals surface area contributed by atoms with Gasteiger partial charge in [0.05, 0.1) is 11.9 Å². The van der Waals surface area contributed by atoms with Gasteiger partial charge in [0.2, 0.25) is 0 Å². The summed E-state index contributed by atoms with van der Waals surface area (Å²) in [7, 11) is 2.05. The average Bonchev–Trinajstić information content (AvgIpc) is 3.15. The topological polar surface area (TPSA) is 47.1 Å². The molecule has 3 aromatic carbocycles. The molecule has 1 aromatic heterocycles. The highest BCUT2D eigenvalue weighted by atomic mass is 15.2. The number of benzene rings is 3. The molecular weight excluding hydrogens is 380 g/mol. The van der Waals surface area contributed by atoms with Gasteiger partial charge in [-0.05, 0) is 47.7 Å². The average molecular weight is 407 g/mol. The molecule has 2 heterocycles. The van der Waals surface area contributed by atoms with Crippen molar-refractivity contribution in [3.63, 3.8) is 0 Å². The lowest BCUT2D eigenvalue weighted by Gasteiger charge is -2.35. The maximum absolute atomic E-state index is 6.76. The summed E-state index contributed by atoms with van der Waals surface area (Å²) in [5.74, 6) is 0.994. The summed E-state index contributed by atoms with van der Waals surface area (Å²) < 4.78 is 2.11. The van der Waals surface area contributed by atoms with Gasteiger partial charge in [0.15, 0.2) is 0 Å². The number of nitrogens with zero attached hydrogens (tertiary/aromatic N) is 3. The van der Waals surface area contributed by atoms with Gasteiger partial charge in [-0.2, -0.15) is 0 Å². The van der Waals surface area contributed by atoms with E-state index in [2.05, 4.69) is 99.5 Å². The summed E-state index contributed by atoms with van der Waals surface area (Å²) in [6, 6.07) is 27.6. The zero-order valence-electron chi connectivity index (χ0n) is 17.9. The van der Waals surface area contributed by atoms with Gasteiger partial charge in [-0.3, -0.25) is 0 Å². The number of hydrogen-bond donors (Lipinski definition) is 1. The number of hydrogen-bond acceptors (Lipinski definition) is 3. The highest BCUT2D eigenvalue weighted by Gasteiger charge is 2.25. The predicted molar refractivity (Wildman–Crippen MR) is 127 cm³/mol. The van der Waals surface area contributed by atoms with Crippen molar-refractivity contribution in [2.24, 2.45) is 12.8 Å². The maximum atomic E-state index is 6.76. The fourth-order valence-electron chi connectivity index (χ4n) is 4.30. The van der Waals surface area contributed by atoms with Crippen molar-refractivity contribution < 1.29 is 0 Å². The summed E-state index contributed by atoms with van der Waals surface area (Å²) in [6.07, 6.45) is 4.77. The number of rotatable bonds is 4. The third-order valence-electron chi connectivity index (χ3n) is 6.12. The second-order valence-corrected chi connectivity index (χ2v) is 8.06. The van der Waals surface area contributed by atoms with Crippen LogP contribution in [0.25, 0.3) is 16.8 Å². The van der Waals surface area contributed by atoms with Gasteiger partial charge in [-0.15, -0.1) is 0 Å². The Bertz CT molecular complexity index is 1250. The first-order chi connectivity index (χ1) is 15.1. The monoisotopic (exact) mass is 406 g/mol. The van der Waals surface area contributed by atoms with Crippen LogP contribution in [0.15, 0.2) is 91.3 Å². The van der Waals surface area contributed by atoms with Gasteiger partial charge < -0.3 is 15.2 Å². The van der Waals surface area contributed by atoms with Crippen molar-refractivity contribution in [1.82, 2.24) is 9.55 Å². The van der Waals surface area contributed by atoms with Gasteiger partial charge in [0.1, 0.15) is 12.0 Å². The molecule has 0 saturated carbocycles. The standard InChI is InChI=1S/C27H26N4/c1-19-29-17-26(30(19)2)21-11-8-12-23(16-21)31-18-22(15-20-9-4-3-5-10-20)24-13-6-7-14-25(24)27(31)28/h3-14,16-18,27H,15,28H2,1-2H3. The zero-order chi connectivity index (χ0) is 21.4. The molecule has 1 unspecified atom stereocenters. The van der Waals surface area contributed by atoms with Crippen LogP contribution in [0, 0.1) is 6.92 Å². The van der Waals surface area contributed by atoms with E-state index in [1.54, 1.807) is 0 Å². The summed E-state index contributed by atoms with van der Waals surface area (Å²) >= 11 is 0. The van der Waals surface area contributed by atoms with Gasteiger partial charge >= 0.3 is 0 Å². The number of nitrogens with two attached hydrogens (primary N) is 1. The molecule has 1 aliphatic rings. The van der Waals surface area contributed by atoms with E-state index in [4.69, 9.17) is 5.73 Å². The molecule has 1 aliphatic heterocycles. The molecule has 0 bridgehead atoms. The van der Waals surface area contributed by atoms with E-state index in [1.807, 2.05) is 20.2 Å². The Morgan fingerprint density at radius 3 is 2.48 bits per heavy atom. The molecule has 0 spiro atoms. The minimum absolute atomic E-state index is 0.237. The predicted octanol–water partition coefficient (Wildman–Crippen LogP) is 5.46. The molecule has 2 N–H and O–H groups in total. The quantitative estimate of drug-likeness (QED) is 0.490. The van der Waals surface area contributed by atoms with Crippen LogP contribution in [0.1, 0.15) is 28.7 Å². The number of imidazole rings is 1.